The number of aliphatic hydroxyl groups is 3. The third-order valence-corrected chi connectivity index (χ3v) is 6.67. The summed E-state index contributed by atoms with van der Waals surface area (Å²) in [6.07, 6.45) is -5.17. The van der Waals surface area contributed by atoms with Gasteiger partial charge in [-0.25, -0.2) is 0 Å². The SMILES string of the molecule is CN(C)[C@@H]1C(=O)C(C(N)=O)=C(O)[C@@]2(O)C(=O)C3=C(O)c4c(cccc4OC(F)(F)F)CC3CC12. The molecular formula is C22H21F3N2O7. The molecule has 0 heterocycles. The lowest BCUT2D eigenvalue weighted by Gasteiger charge is -2.50. The number of amides is 1. The number of hydrogen-bond donors (Lipinski definition) is 4. The Morgan fingerprint density at radius 3 is 2.44 bits per heavy atom. The van der Waals surface area contributed by atoms with Gasteiger partial charge in [0.25, 0.3) is 5.91 Å². The van der Waals surface area contributed by atoms with Gasteiger partial charge >= 0.3 is 6.36 Å². The standard InChI is InChI=1S/C22H21F3N2O7/c1-27(2)15-10-7-9-6-8-4-3-5-11(34-22(23,24)25)12(8)16(28)13(9)18(30)21(10,33)19(31)14(17(15)29)20(26)32/h3-5,9-10,15,28,31,33H,6-7H2,1-2H3,(H2,26,32)/t9?,10?,15-,21-/m0/s1. The smallest absolute Gasteiger partial charge is 0.508 e. The van der Waals surface area contributed by atoms with Crippen LogP contribution in [0.4, 0.5) is 13.2 Å². The minimum Gasteiger partial charge on any atom is -0.508 e. The van der Waals surface area contributed by atoms with Crippen LogP contribution >= 0.6 is 0 Å². The number of nitrogens with two attached hydrogens (primary N) is 1. The molecule has 5 N–H and O–H groups in total. The van der Waals surface area contributed by atoms with Crippen LogP contribution in [-0.2, 0) is 20.8 Å². The molecule has 3 aliphatic rings. The summed E-state index contributed by atoms with van der Waals surface area (Å²) >= 11 is 0. The number of likely N-dealkylation sites (N-methyl/N-ethyl adjacent to an activating group) is 1. The maximum atomic E-state index is 13.6. The number of ether oxygens (including phenoxy) is 1. The number of rotatable bonds is 3. The first kappa shape index (κ1) is 23.8. The molecule has 1 saturated carbocycles. The summed E-state index contributed by atoms with van der Waals surface area (Å²) < 4.78 is 42.7. The quantitative estimate of drug-likeness (QED) is 0.469. The number of nitrogens with zero attached hydrogens (tertiary/aromatic N) is 1. The predicted octanol–water partition coefficient (Wildman–Crippen LogP) is 1.16. The Morgan fingerprint density at radius 1 is 1.24 bits per heavy atom. The van der Waals surface area contributed by atoms with Crippen LogP contribution in [0.3, 0.4) is 0 Å². The number of hydrogen-bond acceptors (Lipinski definition) is 8. The molecule has 0 aliphatic heterocycles. The fraction of sp³-hybridized carbons (Fsp3) is 0.409. The number of aliphatic hydroxyl groups excluding tert-OH is 2. The maximum Gasteiger partial charge on any atom is 0.573 e. The molecule has 0 aromatic heterocycles. The van der Waals surface area contributed by atoms with Gasteiger partial charge < -0.3 is 25.8 Å². The minimum atomic E-state index is -5.07. The van der Waals surface area contributed by atoms with Gasteiger partial charge in [0.2, 0.25) is 5.78 Å². The normalized spacial score (nSPS) is 29.1. The Bertz CT molecular complexity index is 1190. The zero-order chi connectivity index (χ0) is 25.3. The average Bonchev–Trinajstić information content (AvgIpc) is 2.69. The third kappa shape index (κ3) is 3.28. The summed E-state index contributed by atoms with van der Waals surface area (Å²) in [5, 5.41) is 33.1. The second-order valence-electron chi connectivity index (χ2n) is 8.80. The van der Waals surface area contributed by atoms with Crippen LogP contribution in [0.25, 0.3) is 5.76 Å². The van der Waals surface area contributed by atoms with Crippen LogP contribution in [0.15, 0.2) is 35.1 Å². The fourth-order valence-corrected chi connectivity index (χ4v) is 5.38. The van der Waals surface area contributed by atoms with Gasteiger partial charge in [-0.1, -0.05) is 12.1 Å². The molecule has 0 saturated heterocycles. The van der Waals surface area contributed by atoms with E-state index in [4.69, 9.17) is 5.73 Å². The first-order valence-corrected chi connectivity index (χ1v) is 10.2. The number of primary amides is 1. The summed E-state index contributed by atoms with van der Waals surface area (Å²) in [4.78, 5) is 39.8. The number of alkyl halides is 3. The van der Waals surface area contributed by atoms with Crippen molar-refractivity contribution >= 4 is 23.2 Å². The highest BCUT2D eigenvalue weighted by Gasteiger charge is 2.64. The number of benzene rings is 1. The lowest BCUT2D eigenvalue weighted by Crippen LogP contribution is -2.65. The van der Waals surface area contributed by atoms with Crippen LogP contribution in [0, 0.1) is 11.8 Å². The summed E-state index contributed by atoms with van der Waals surface area (Å²) in [6.45, 7) is 0. The van der Waals surface area contributed by atoms with Crippen molar-refractivity contribution in [2.45, 2.75) is 30.8 Å². The molecule has 4 rings (SSSR count). The van der Waals surface area contributed by atoms with Crippen LogP contribution < -0.4 is 10.5 Å². The zero-order valence-electron chi connectivity index (χ0n) is 18.0. The monoisotopic (exact) mass is 482 g/mol. The molecule has 1 aromatic carbocycles. The number of carbonyl (C=O) groups is 3. The molecule has 12 heteroatoms. The van der Waals surface area contributed by atoms with Crippen LogP contribution in [0.1, 0.15) is 17.5 Å². The van der Waals surface area contributed by atoms with Gasteiger partial charge in [-0.2, -0.15) is 0 Å². The van der Waals surface area contributed by atoms with Crippen molar-refractivity contribution in [2.75, 3.05) is 14.1 Å². The van der Waals surface area contributed by atoms with E-state index < -0.39 is 75.7 Å². The summed E-state index contributed by atoms with van der Waals surface area (Å²) in [6, 6.07) is 2.53. The highest BCUT2D eigenvalue weighted by Crippen LogP contribution is 2.52. The largest absolute Gasteiger partial charge is 0.573 e. The Hall–Kier alpha value is -3.38. The van der Waals surface area contributed by atoms with Crippen molar-refractivity contribution in [2.24, 2.45) is 17.6 Å². The molecule has 34 heavy (non-hydrogen) atoms. The van der Waals surface area contributed by atoms with Crippen LogP contribution in [0.5, 0.6) is 5.75 Å². The molecule has 3 aliphatic carbocycles. The van der Waals surface area contributed by atoms with E-state index in [0.717, 1.165) is 6.07 Å². The Balaban J connectivity index is 1.94. The van der Waals surface area contributed by atoms with Crippen molar-refractivity contribution in [1.29, 1.82) is 0 Å². The number of carbonyl (C=O) groups excluding carboxylic acids is 3. The molecule has 2 unspecified atom stereocenters. The van der Waals surface area contributed by atoms with Gasteiger partial charge in [0.15, 0.2) is 11.4 Å². The molecule has 182 valence electrons. The van der Waals surface area contributed by atoms with E-state index in [1.165, 1.54) is 31.1 Å². The van der Waals surface area contributed by atoms with Crippen molar-refractivity contribution in [3.63, 3.8) is 0 Å². The molecular weight excluding hydrogens is 461 g/mol. The van der Waals surface area contributed by atoms with Gasteiger partial charge in [0, 0.05) is 11.5 Å². The second-order valence-corrected chi connectivity index (χ2v) is 8.80. The molecule has 0 spiro atoms. The Labute approximate surface area is 190 Å². The van der Waals surface area contributed by atoms with Gasteiger partial charge in [0.1, 0.15) is 22.8 Å². The maximum absolute atomic E-state index is 13.6. The molecule has 1 fully saturated rings. The van der Waals surface area contributed by atoms with Crippen molar-refractivity contribution in [3.8, 4) is 5.75 Å². The van der Waals surface area contributed by atoms with E-state index in [2.05, 4.69) is 4.74 Å². The first-order chi connectivity index (χ1) is 15.7. The zero-order valence-corrected chi connectivity index (χ0v) is 18.0. The predicted molar refractivity (Wildman–Crippen MR) is 109 cm³/mol. The van der Waals surface area contributed by atoms with Gasteiger partial charge in [-0.3, -0.25) is 19.3 Å². The Kier molecular flexibility index (Phi) is 5.29. The molecule has 4 atom stereocenters. The van der Waals surface area contributed by atoms with E-state index in [1.54, 1.807) is 0 Å². The number of ketones is 2. The van der Waals surface area contributed by atoms with Gasteiger partial charge in [-0.05, 0) is 44.5 Å². The summed E-state index contributed by atoms with van der Waals surface area (Å²) in [7, 11) is 2.96. The summed E-state index contributed by atoms with van der Waals surface area (Å²) in [5.41, 5.74) is 0.972. The van der Waals surface area contributed by atoms with Crippen LogP contribution in [-0.4, -0.2) is 69.8 Å². The van der Waals surface area contributed by atoms with Crippen molar-refractivity contribution in [1.82, 2.24) is 4.90 Å². The highest BCUT2D eigenvalue weighted by atomic mass is 19.4. The van der Waals surface area contributed by atoms with E-state index in [-0.39, 0.29) is 24.0 Å². The van der Waals surface area contributed by atoms with Gasteiger partial charge in [-0.15, -0.1) is 13.2 Å². The Morgan fingerprint density at radius 2 is 1.88 bits per heavy atom. The molecule has 1 aromatic rings. The minimum absolute atomic E-state index is 0.00357. The molecule has 9 nitrogen and oxygen atoms in total. The third-order valence-electron chi connectivity index (χ3n) is 6.67. The molecule has 1 amide bonds. The fourth-order valence-electron chi connectivity index (χ4n) is 5.38. The van der Waals surface area contributed by atoms with Crippen molar-refractivity contribution in [3.05, 3.63) is 46.2 Å². The first-order valence-electron chi connectivity index (χ1n) is 10.2. The van der Waals surface area contributed by atoms with Crippen LogP contribution in [0.2, 0.25) is 0 Å². The van der Waals surface area contributed by atoms with E-state index >= 15 is 0 Å². The van der Waals surface area contributed by atoms with Gasteiger partial charge in [0.05, 0.1) is 11.6 Å². The average molecular weight is 482 g/mol. The summed E-state index contributed by atoms with van der Waals surface area (Å²) in [5.74, 6) is -8.27. The second kappa shape index (κ2) is 7.57. The highest BCUT2D eigenvalue weighted by molar-refractivity contribution is 6.24. The van der Waals surface area contributed by atoms with E-state index in [9.17, 15) is 42.9 Å². The van der Waals surface area contributed by atoms with Crippen molar-refractivity contribution < 1.29 is 47.6 Å². The lowest BCUT2D eigenvalue weighted by molar-refractivity contribution is -0.274. The number of fused-ring (bicyclic) bond motifs is 3. The van der Waals surface area contributed by atoms with E-state index in [0.29, 0.717) is 0 Å². The topological polar surface area (TPSA) is 150 Å². The number of Topliss-reactive ketones (excluding diaryl/α,β-unsaturated/α-hetero) is 2. The number of halogens is 3. The molecule has 0 bridgehead atoms. The lowest BCUT2D eigenvalue weighted by atomic mass is 9.57. The molecule has 0 radical (unpaired) electrons. The van der Waals surface area contributed by atoms with E-state index in [1.807, 2.05) is 0 Å².